The first-order valence-corrected chi connectivity index (χ1v) is 9.88. The lowest BCUT2D eigenvalue weighted by Crippen LogP contribution is -2.24. The summed E-state index contributed by atoms with van der Waals surface area (Å²) in [4.78, 5) is 29.1. The Bertz CT molecular complexity index is 1090. The molecule has 5 nitrogen and oxygen atoms in total. The van der Waals surface area contributed by atoms with E-state index in [0.717, 1.165) is 48.4 Å². The second kappa shape index (κ2) is 8.05. The molecule has 2 aromatic carbocycles. The van der Waals surface area contributed by atoms with E-state index < -0.39 is 5.97 Å². The molecule has 5 heteroatoms. The minimum atomic E-state index is -0.920. The number of pyridine rings is 1. The zero-order valence-corrected chi connectivity index (χ0v) is 16.4. The average Bonchev–Trinajstić information content (AvgIpc) is 3.16. The monoisotopic (exact) mass is 388 g/mol. The van der Waals surface area contributed by atoms with Crippen LogP contribution in [0.4, 0.5) is 0 Å². The second-order valence-electron chi connectivity index (χ2n) is 7.63. The van der Waals surface area contributed by atoms with Crippen molar-refractivity contribution in [2.45, 2.75) is 32.4 Å². The third kappa shape index (κ3) is 4.15. The molecule has 1 aliphatic rings. The normalized spacial score (nSPS) is 16.8. The molecular weight excluding hydrogens is 364 g/mol. The molecule has 1 fully saturated rings. The van der Waals surface area contributed by atoms with Crippen LogP contribution >= 0.6 is 0 Å². The van der Waals surface area contributed by atoms with Gasteiger partial charge in [0.15, 0.2) is 5.43 Å². The average molecular weight is 388 g/mol. The summed E-state index contributed by atoms with van der Waals surface area (Å²) in [6.45, 7) is 3.70. The Labute approximate surface area is 169 Å². The second-order valence-corrected chi connectivity index (χ2v) is 7.63. The first kappa shape index (κ1) is 19.2. The number of carboxylic acids is 1. The number of aromatic amines is 1. The quantitative estimate of drug-likeness (QED) is 0.680. The van der Waals surface area contributed by atoms with Crippen molar-refractivity contribution < 1.29 is 9.90 Å². The first-order chi connectivity index (χ1) is 14.0. The van der Waals surface area contributed by atoms with Gasteiger partial charge in [-0.15, -0.1) is 0 Å². The summed E-state index contributed by atoms with van der Waals surface area (Å²) in [7, 11) is 0. The van der Waals surface area contributed by atoms with Crippen LogP contribution in [-0.4, -0.2) is 27.5 Å². The molecule has 0 amide bonds. The van der Waals surface area contributed by atoms with Crippen LogP contribution in [0.2, 0.25) is 0 Å². The number of nitrogens with one attached hydrogen (secondary N) is 1. The van der Waals surface area contributed by atoms with Gasteiger partial charge in [-0.2, -0.15) is 0 Å². The summed E-state index contributed by atoms with van der Waals surface area (Å²) in [5.41, 5.74) is 5.02. The number of aryl methyl sites for hydroxylation is 1. The van der Waals surface area contributed by atoms with Gasteiger partial charge in [0, 0.05) is 30.1 Å². The Morgan fingerprint density at radius 3 is 2.62 bits per heavy atom. The number of benzene rings is 2. The van der Waals surface area contributed by atoms with Gasteiger partial charge in [0.05, 0.1) is 11.6 Å². The third-order valence-electron chi connectivity index (χ3n) is 5.53. The fourth-order valence-corrected chi connectivity index (χ4v) is 4.20. The van der Waals surface area contributed by atoms with Crippen molar-refractivity contribution in [2.75, 3.05) is 6.54 Å². The van der Waals surface area contributed by atoms with Crippen LogP contribution in [0.5, 0.6) is 0 Å². The molecule has 148 valence electrons. The SMILES string of the molecule is Cc1cc(=O)cc(C2CCCN2Cc2ccc(-c3ccccc3C(=O)O)cc2)[nH]1. The third-order valence-corrected chi connectivity index (χ3v) is 5.53. The highest BCUT2D eigenvalue weighted by Crippen LogP contribution is 2.32. The van der Waals surface area contributed by atoms with Crippen LogP contribution in [0.25, 0.3) is 11.1 Å². The summed E-state index contributed by atoms with van der Waals surface area (Å²) < 4.78 is 0. The van der Waals surface area contributed by atoms with Gasteiger partial charge in [-0.1, -0.05) is 42.5 Å². The molecule has 1 aliphatic heterocycles. The smallest absolute Gasteiger partial charge is 0.336 e. The van der Waals surface area contributed by atoms with E-state index in [9.17, 15) is 14.7 Å². The van der Waals surface area contributed by atoms with Crippen LogP contribution < -0.4 is 5.43 Å². The standard InChI is InChI=1S/C24H24N2O3/c1-16-13-19(27)14-22(25-16)23-7-4-12-26(23)15-17-8-10-18(11-9-17)20-5-2-3-6-21(20)24(28)29/h2-3,5-6,8-11,13-14,23H,4,7,12,15H2,1H3,(H,25,27)(H,28,29). The molecule has 2 N–H and O–H groups in total. The van der Waals surface area contributed by atoms with E-state index in [1.165, 1.54) is 5.56 Å². The summed E-state index contributed by atoms with van der Waals surface area (Å²) in [5, 5.41) is 9.42. The summed E-state index contributed by atoms with van der Waals surface area (Å²) in [6.07, 6.45) is 2.13. The Kier molecular flexibility index (Phi) is 5.32. The maximum Gasteiger partial charge on any atom is 0.336 e. The molecule has 4 rings (SSSR count). The minimum absolute atomic E-state index is 0.0459. The molecule has 2 heterocycles. The number of hydrogen-bond acceptors (Lipinski definition) is 3. The number of carbonyl (C=O) groups is 1. The molecule has 1 unspecified atom stereocenters. The Morgan fingerprint density at radius 2 is 1.90 bits per heavy atom. The van der Waals surface area contributed by atoms with E-state index in [2.05, 4.69) is 22.0 Å². The van der Waals surface area contributed by atoms with Gasteiger partial charge in [0.2, 0.25) is 0 Å². The number of likely N-dealkylation sites (tertiary alicyclic amines) is 1. The highest BCUT2D eigenvalue weighted by Gasteiger charge is 2.27. The molecule has 29 heavy (non-hydrogen) atoms. The van der Waals surface area contributed by atoms with Crippen LogP contribution in [0.15, 0.2) is 65.5 Å². The van der Waals surface area contributed by atoms with Gasteiger partial charge >= 0.3 is 5.97 Å². The number of carboxylic acid groups (broad SMARTS) is 1. The van der Waals surface area contributed by atoms with E-state index in [0.29, 0.717) is 5.56 Å². The van der Waals surface area contributed by atoms with Gasteiger partial charge in [-0.3, -0.25) is 9.69 Å². The Hall–Kier alpha value is -3.18. The van der Waals surface area contributed by atoms with Gasteiger partial charge < -0.3 is 10.1 Å². The van der Waals surface area contributed by atoms with Crippen LogP contribution in [0, 0.1) is 6.92 Å². The van der Waals surface area contributed by atoms with E-state index >= 15 is 0 Å². The molecule has 0 spiro atoms. The predicted molar refractivity (Wildman–Crippen MR) is 113 cm³/mol. The topological polar surface area (TPSA) is 73.4 Å². The zero-order valence-electron chi connectivity index (χ0n) is 16.4. The van der Waals surface area contributed by atoms with Gasteiger partial charge in [0.25, 0.3) is 0 Å². The summed E-state index contributed by atoms with van der Waals surface area (Å²) >= 11 is 0. The lowest BCUT2D eigenvalue weighted by Gasteiger charge is -2.25. The van der Waals surface area contributed by atoms with E-state index in [4.69, 9.17) is 0 Å². The number of aromatic carboxylic acids is 1. The zero-order chi connectivity index (χ0) is 20.4. The van der Waals surface area contributed by atoms with E-state index in [-0.39, 0.29) is 11.5 Å². The largest absolute Gasteiger partial charge is 0.478 e. The van der Waals surface area contributed by atoms with Crippen molar-refractivity contribution >= 4 is 5.97 Å². The van der Waals surface area contributed by atoms with E-state index in [1.807, 2.05) is 31.2 Å². The molecule has 0 saturated carbocycles. The number of hydrogen-bond donors (Lipinski definition) is 2. The lowest BCUT2D eigenvalue weighted by atomic mass is 9.98. The fourth-order valence-electron chi connectivity index (χ4n) is 4.20. The number of rotatable bonds is 5. The van der Waals surface area contributed by atoms with Crippen LogP contribution in [-0.2, 0) is 6.54 Å². The van der Waals surface area contributed by atoms with Gasteiger partial charge in [-0.05, 0) is 49.1 Å². The lowest BCUT2D eigenvalue weighted by molar-refractivity contribution is 0.0697. The van der Waals surface area contributed by atoms with Crippen molar-refractivity contribution in [3.05, 3.63) is 93.4 Å². The number of nitrogens with zero attached hydrogens (tertiary/aromatic N) is 1. The Morgan fingerprint density at radius 1 is 1.14 bits per heavy atom. The maximum absolute atomic E-state index is 11.9. The van der Waals surface area contributed by atoms with E-state index in [1.54, 1.807) is 24.3 Å². The van der Waals surface area contributed by atoms with Crippen molar-refractivity contribution in [3.8, 4) is 11.1 Å². The van der Waals surface area contributed by atoms with Gasteiger partial charge in [-0.25, -0.2) is 4.79 Å². The van der Waals surface area contributed by atoms with Crippen LogP contribution in [0.1, 0.15) is 46.2 Å². The molecule has 1 saturated heterocycles. The predicted octanol–water partition coefficient (Wildman–Crippen LogP) is 4.39. The Balaban J connectivity index is 1.54. The first-order valence-electron chi connectivity index (χ1n) is 9.88. The van der Waals surface area contributed by atoms with Crippen LogP contribution in [0.3, 0.4) is 0 Å². The molecule has 1 atom stereocenters. The summed E-state index contributed by atoms with van der Waals surface area (Å²) in [6, 6.07) is 18.7. The van der Waals surface area contributed by atoms with Crippen molar-refractivity contribution in [3.63, 3.8) is 0 Å². The van der Waals surface area contributed by atoms with Crippen molar-refractivity contribution in [1.29, 1.82) is 0 Å². The summed E-state index contributed by atoms with van der Waals surface area (Å²) in [5.74, 6) is -0.920. The van der Waals surface area contributed by atoms with Gasteiger partial charge in [0.1, 0.15) is 0 Å². The highest BCUT2D eigenvalue weighted by molar-refractivity contribution is 5.95. The molecular formula is C24H24N2O3. The number of aromatic nitrogens is 1. The molecule has 0 bridgehead atoms. The molecule has 3 aromatic rings. The highest BCUT2D eigenvalue weighted by atomic mass is 16.4. The fraction of sp³-hybridized carbons (Fsp3) is 0.250. The number of H-pyrrole nitrogens is 1. The molecule has 0 radical (unpaired) electrons. The molecule has 1 aromatic heterocycles. The maximum atomic E-state index is 11.9. The molecule has 0 aliphatic carbocycles. The minimum Gasteiger partial charge on any atom is -0.478 e. The van der Waals surface area contributed by atoms with Crippen molar-refractivity contribution in [2.24, 2.45) is 0 Å². The van der Waals surface area contributed by atoms with Crippen molar-refractivity contribution in [1.82, 2.24) is 9.88 Å².